The van der Waals surface area contributed by atoms with Gasteiger partial charge in [-0.05, 0) is 32.3 Å². The standard InChI is InChI=1S/C15H21FN2O/c1-10(13-7-2-3-8-14(13)16)18-15(19)11-5-4-6-12(17)9-11/h2-3,7-8,10-12H,4-6,9,17H2,1H3,(H,18,19). The topological polar surface area (TPSA) is 55.1 Å². The molecule has 1 amide bonds. The van der Waals surface area contributed by atoms with Crippen LogP contribution in [0.25, 0.3) is 0 Å². The Balaban J connectivity index is 1.97. The number of hydrogen-bond donors (Lipinski definition) is 2. The molecular weight excluding hydrogens is 243 g/mol. The third-order valence-corrected chi connectivity index (χ3v) is 3.82. The maximum Gasteiger partial charge on any atom is 0.223 e. The number of amides is 1. The second kappa shape index (κ2) is 6.15. The highest BCUT2D eigenvalue weighted by molar-refractivity contribution is 5.79. The molecule has 2 rings (SSSR count). The lowest BCUT2D eigenvalue weighted by molar-refractivity contribution is -0.126. The van der Waals surface area contributed by atoms with E-state index in [0.29, 0.717) is 5.56 Å². The van der Waals surface area contributed by atoms with Crippen LogP contribution in [-0.2, 0) is 4.79 Å². The SMILES string of the molecule is CC(NC(=O)C1CCCC(N)C1)c1ccccc1F. The summed E-state index contributed by atoms with van der Waals surface area (Å²) < 4.78 is 13.6. The molecule has 3 nitrogen and oxygen atoms in total. The van der Waals surface area contributed by atoms with Crippen LogP contribution >= 0.6 is 0 Å². The molecule has 0 saturated heterocycles. The molecule has 0 aliphatic heterocycles. The Hall–Kier alpha value is -1.42. The lowest BCUT2D eigenvalue weighted by Crippen LogP contribution is -2.38. The van der Waals surface area contributed by atoms with Crippen LogP contribution in [0.3, 0.4) is 0 Å². The van der Waals surface area contributed by atoms with Gasteiger partial charge in [0.15, 0.2) is 0 Å². The zero-order chi connectivity index (χ0) is 13.8. The van der Waals surface area contributed by atoms with Gasteiger partial charge in [-0.15, -0.1) is 0 Å². The minimum atomic E-state index is -0.313. The molecule has 104 valence electrons. The van der Waals surface area contributed by atoms with Crippen LogP contribution in [0.2, 0.25) is 0 Å². The maximum atomic E-state index is 13.6. The molecule has 1 saturated carbocycles. The lowest BCUT2D eigenvalue weighted by atomic mass is 9.85. The van der Waals surface area contributed by atoms with E-state index in [1.807, 2.05) is 0 Å². The Bertz CT molecular complexity index is 450. The molecule has 3 unspecified atom stereocenters. The molecule has 4 heteroatoms. The summed E-state index contributed by atoms with van der Waals surface area (Å²) in [6.07, 6.45) is 3.60. The Morgan fingerprint density at radius 3 is 2.84 bits per heavy atom. The first-order valence-electron chi connectivity index (χ1n) is 6.88. The van der Waals surface area contributed by atoms with Crippen molar-refractivity contribution in [1.82, 2.24) is 5.32 Å². The first kappa shape index (κ1) is 14.0. The molecule has 0 spiro atoms. The molecule has 1 aliphatic carbocycles. The van der Waals surface area contributed by atoms with E-state index in [2.05, 4.69) is 5.32 Å². The second-order valence-corrected chi connectivity index (χ2v) is 5.38. The minimum absolute atomic E-state index is 0.00842. The summed E-state index contributed by atoms with van der Waals surface area (Å²) in [5, 5.41) is 2.89. The molecule has 1 aromatic carbocycles. The van der Waals surface area contributed by atoms with Crippen molar-refractivity contribution in [2.75, 3.05) is 0 Å². The largest absolute Gasteiger partial charge is 0.349 e. The molecular formula is C15H21FN2O. The van der Waals surface area contributed by atoms with Crippen molar-refractivity contribution in [1.29, 1.82) is 0 Å². The lowest BCUT2D eigenvalue weighted by Gasteiger charge is -2.27. The van der Waals surface area contributed by atoms with Gasteiger partial charge in [0.05, 0.1) is 6.04 Å². The first-order chi connectivity index (χ1) is 9.08. The summed E-state index contributed by atoms with van der Waals surface area (Å²) in [5.74, 6) is -0.320. The van der Waals surface area contributed by atoms with Crippen LogP contribution in [0, 0.1) is 11.7 Å². The van der Waals surface area contributed by atoms with Gasteiger partial charge in [0.25, 0.3) is 0 Å². The summed E-state index contributed by atoms with van der Waals surface area (Å²) >= 11 is 0. The Morgan fingerprint density at radius 1 is 1.42 bits per heavy atom. The van der Waals surface area contributed by atoms with Gasteiger partial charge in [-0.3, -0.25) is 4.79 Å². The second-order valence-electron chi connectivity index (χ2n) is 5.38. The minimum Gasteiger partial charge on any atom is -0.349 e. The number of rotatable bonds is 3. The van der Waals surface area contributed by atoms with Gasteiger partial charge in [-0.1, -0.05) is 24.6 Å². The van der Waals surface area contributed by atoms with Gasteiger partial charge >= 0.3 is 0 Å². The number of nitrogens with one attached hydrogen (secondary N) is 1. The molecule has 0 bridgehead atoms. The Kier molecular flexibility index (Phi) is 4.53. The fraction of sp³-hybridized carbons (Fsp3) is 0.533. The number of nitrogens with two attached hydrogens (primary N) is 1. The summed E-state index contributed by atoms with van der Waals surface area (Å²) in [5.41, 5.74) is 6.41. The van der Waals surface area contributed by atoms with Crippen molar-refractivity contribution in [3.8, 4) is 0 Å². The maximum absolute atomic E-state index is 13.6. The van der Waals surface area contributed by atoms with Crippen molar-refractivity contribution < 1.29 is 9.18 Å². The number of carbonyl (C=O) groups excluding carboxylic acids is 1. The van der Waals surface area contributed by atoms with Gasteiger partial charge in [0.1, 0.15) is 5.82 Å². The van der Waals surface area contributed by atoms with E-state index in [-0.39, 0.29) is 29.7 Å². The number of carbonyl (C=O) groups is 1. The number of hydrogen-bond acceptors (Lipinski definition) is 2. The zero-order valence-electron chi connectivity index (χ0n) is 11.2. The fourth-order valence-corrected chi connectivity index (χ4v) is 2.70. The van der Waals surface area contributed by atoms with Crippen molar-refractivity contribution >= 4 is 5.91 Å². The van der Waals surface area contributed by atoms with E-state index in [9.17, 15) is 9.18 Å². The van der Waals surface area contributed by atoms with Crippen LogP contribution in [0.5, 0.6) is 0 Å². The van der Waals surface area contributed by atoms with E-state index >= 15 is 0 Å². The van der Waals surface area contributed by atoms with Crippen molar-refractivity contribution in [3.05, 3.63) is 35.6 Å². The average molecular weight is 264 g/mol. The van der Waals surface area contributed by atoms with Crippen LogP contribution in [0.4, 0.5) is 4.39 Å². The Morgan fingerprint density at radius 2 is 2.16 bits per heavy atom. The van der Waals surface area contributed by atoms with E-state index in [1.165, 1.54) is 6.07 Å². The van der Waals surface area contributed by atoms with E-state index in [0.717, 1.165) is 25.7 Å². The molecule has 1 fully saturated rings. The molecule has 1 aliphatic rings. The zero-order valence-corrected chi connectivity index (χ0v) is 11.2. The van der Waals surface area contributed by atoms with Crippen LogP contribution < -0.4 is 11.1 Å². The van der Waals surface area contributed by atoms with Crippen LogP contribution in [0.1, 0.15) is 44.2 Å². The van der Waals surface area contributed by atoms with E-state index in [1.54, 1.807) is 25.1 Å². The van der Waals surface area contributed by atoms with Gasteiger partial charge in [0, 0.05) is 17.5 Å². The van der Waals surface area contributed by atoms with E-state index < -0.39 is 0 Å². The van der Waals surface area contributed by atoms with Gasteiger partial charge < -0.3 is 11.1 Å². The van der Waals surface area contributed by atoms with Gasteiger partial charge in [-0.2, -0.15) is 0 Å². The van der Waals surface area contributed by atoms with Crippen molar-refractivity contribution in [3.63, 3.8) is 0 Å². The highest BCUT2D eigenvalue weighted by Gasteiger charge is 2.26. The molecule has 3 atom stereocenters. The highest BCUT2D eigenvalue weighted by atomic mass is 19.1. The third-order valence-electron chi connectivity index (χ3n) is 3.82. The molecule has 1 aromatic rings. The van der Waals surface area contributed by atoms with Gasteiger partial charge in [-0.25, -0.2) is 4.39 Å². The van der Waals surface area contributed by atoms with Gasteiger partial charge in [0.2, 0.25) is 5.91 Å². The third kappa shape index (κ3) is 3.53. The van der Waals surface area contributed by atoms with Crippen LogP contribution in [0.15, 0.2) is 24.3 Å². The first-order valence-corrected chi connectivity index (χ1v) is 6.88. The molecule has 0 aromatic heterocycles. The molecule has 0 radical (unpaired) electrons. The quantitative estimate of drug-likeness (QED) is 0.881. The molecule has 3 N–H and O–H groups in total. The summed E-state index contributed by atoms with van der Waals surface area (Å²) in [7, 11) is 0. The predicted octanol–water partition coefficient (Wildman–Crippen LogP) is 2.52. The normalized spacial score (nSPS) is 24.8. The predicted molar refractivity (Wildman–Crippen MR) is 72.9 cm³/mol. The van der Waals surface area contributed by atoms with Crippen molar-refractivity contribution in [2.24, 2.45) is 11.7 Å². The summed E-state index contributed by atoms with van der Waals surface area (Å²) in [4.78, 5) is 12.1. The number of halogens is 1. The summed E-state index contributed by atoms with van der Waals surface area (Å²) in [6.45, 7) is 1.80. The van der Waals surface area contributed by atoms with E-state index in [4.69, 9.17) is 5.73 Å². The average Bonchev–Trinajstić information content (AvgIpc) is 2.39. The Labute approximate surface area is 113 Å². The summed E-state index contributed by atoms with van der Waals surface area (Å²) in [6, 6.07) is 6.34. The number of benzene rings is 1. The highest BCUT2D eigenvalue weighted by Crippen LogP contribution is 2.24. The van der Waals surface area contributed by atoms with Crippen molar-refractivity contribution in [2.45, 2.75) is 44.7 Å². The monoisotopic (exact) mass is 264 g/mol. The smallest absolute Gasteiger partial charge is 0.223 e. The van der Waals surface area contributed by atoms with Crippen LogP contribution in [-0.4, -0.2) is 11.9 Å². The molecule has 0 heterocycles. The molecule has 19 heavy (non-hydrogen) atoms. The fourth-order valence-electron chi connectivity index (χ4n) is 2.70.